The van der Waals surface area contributed by atoms with E-state index in [1.54, 1.807) is 30.3 Å². The van der Waals surface area contributed by atoms with Crippen molar-refractivity contribution < 1.29 is 24.1 Å². The molecular weight excluding hydrogens is 337 g/mol. The normalized spacial score (nSPS) is 15.0. The molecule has 0 spiro atoms. The number of carboxylic acid groups (broad SMARTS) is 1. The fraction of sp³-hybridized carbons (Fsp3) is 0.200. The second-order valence-electron chi connectivity index (χ2n) is 6.46. The predicted octanol–water partition coefficient (Wildman–Crippen LogP) is 3.87. The van der Waals surface area contributed by atoms with Crippen molar-refractivity contribution in [3.8, 4) is 11.5 Å². The van der Waals surface area contributed by atoms with Crippen molar-refractivity contribution in [3.63, 3.8) is 0 Å². The van der Waals surface area contributed by atoms with Crippen molar-refractivity contribution in [1.29, 1.82) is 0 Å². The molecule has 0 unspecified atom stereocenters. The zero-order valence-electron chi connectivity index (χ0n) is 14.0. The molecule has 2 aromatic carbocycles. The Morgan fingerprint density at radius 3 is 2.46 bits per heavy atom. The first-order valence-electron chi connectivity index (χ1n) is 8.17. The lowest BCUT2D eigenvalue weighted by Crippen LogP contribution is -2.14. The van der Waals surface area contributed by atoms with Gasteiger partial charge in [0.05, 0.1) is 18.3 Å². The van der Waals surface area contributed by atoms with Gasteiger partial charge in [-0.3, -0.25) is 0 Å². The largest absolute Gasteiger partial charge is 0.505 e. The van der Waals surface area contributed by atoms with E-state index < -0.39 is 11.4 Å². The van der Waals surface area contributed by atoms with Gasteiger partial charge in [-0.2, -0.15) is 0 Å². The number of ether oxygens (including phenoxy) is 1. The minimum atomic E-state index is -1.24. The SMILES string of the molecule is COc1ccc2nc(C3(c4ccc(F)cc4)CC3)c(O)c(C(=O)O)c2c1. The molecule has 6 heteroatoms. The van der Waals surface area contributed by atoms with Crippen LogP contribution in [0.2, 0.25) is 0 Å². The van der Waals surface area contributed by atoms with Gasteiger partial charge in [0, 0.05) is 10.8 Å². The van der Waals surface area contributed by atoms with Crippen LogP contribution in [0.15, 0.2) is 42.5 Å². The summed E-state index contributed by atoms with van der Waals surface area (Å²) in [6.07, 6.45) is 1.42. The molecule has 0 bridgehead atoms. The molecule has 132 valence electrons. The van der Waals surface area contributed by atoms with Crippen molar-refractivity contribution in [2.75, 3.05) is 7.11 Å². The molecule has 1 saturated carbocycles. The van der Waals surface area contributed by atoms with E-state index in [0.717, 1.165) is 5.56 Å². The van der Waals surface area contributed by atoms with Crippen LogP contribution in [0.5, 0.6) is 11.5 Å². The second kappa shape index (κ2) is 5.69. The minimum Gasteiger partial charge on any atom is -0.505 e. The number of hydrogen-bond acceptors (Lipinski definition) is 4. The van der Waals surface area contributed by atoms with E-state index >= 15 is 0 Å². The highest BCUT2D eigenvalue weighted by Gasteiger charge is 2.50. The summed E-state index contributed by atoms with van der Waals surface area (Å²) in [6, 6.07) is 10.9. The molecule has 2 N–H and O–H groups in total. The first-order chi connectivity index (χ1) is 12.5. The molecule has 1 aliphatic rings. The minimum absolute atomic E-state index is 0.197. The number of nitrogens with zero attached hydrogens (tertiary/aromatic N) is 1. The molecular formula is C20H16FNO4. The van der Waals surface area contributed by atoms with Crippen molar-refractivity contribution in [2.45, 2.75) is 18.3 Å². The zero-order valence-corrected chi connectivity index (χ0v) is 14.0. The van der Waals surface area contributed by atoms with Crippen LogP contribution in [-0.2, 0) is 5.41 Å². The van der Waals surface area contributed by atoms with Crippen LogP contribution in [0.3, 0.4) is 0 Å². The Hall–Kier alpha value is -3.15. The lowest BCUT2D eigenvalue weighted by atomic mass is 9.89. The van der Waals surface area contributed by atoms with Gasteiger partial charge in [0.25, 0.3) is 0 Å². The van der Waals surface area contributed by atoms with Gasteiger partial charge in [-0.05, 0) is 48.7 Å². The summed E-state index contributed by atoms with van der Waals surface area (Å²) in [6.45, 7) is 0. The van der Waals surface area contributed by atoms with Gasteiger partial charge in [0.2, 0.25) is 0 Å². The summed E-state index contributed by atoms with van der Waals surface area (Å²) in [7, 11) is 1.48. The summed E-state index contributed by atoms with van der Waals surface area (Å²) in [5.41, 5.74) is 0.808. The van der Waals surface area contributed by atoms with Gasteiger partial charge in [0.1, 0.15) is 17.1 Å². The van der Waals surface area contributed by atoms with Gasteiger partial charge in [-0.25, -0.2) is 14.2 Å². The third-order valence-electron chi connectivity index (χ3n) is 4.98. The van der Waals surface area contributed by atoms with Crippen LogP contribution in [0.25, 0.3) is 10.9 Å². The molecule has 0 aliphatic heterocycles. The number of pyridine rings is 1. The van der Waals surface area contributed by atoms with Crippen LogP contribution < -0.4 is 4.74 Å². The molecule has 0 atom stereocenters. The maximum atomic E-state index is 13.3. The van der Waals surface area contributed by atoms with E-state index in [1.807, 2.05) is 0 Å². The standard InChI is InChI=1S/C20H16FNO4/c1-26-13-6-7-15-14(10-13)16(19(24)25)17(23)18(22-15)20(8-9-20)11-2-4-12(21)5-3-11/h2-7,10,23H,8-9H2,1H3,(H,24,25). The van der Waals surface area contributed by atoms with Gasteiger partial charge < -0.3 is 14.9 Å². The van der Waals surface area contributed by atoms with Crippen molar-refractivity contribution in [3.05, 3.63) is 65.1 Å². The van der Waals surface area contributed by atoms with Crippen LogP contribution in [-0.4, -0.2) is 28.3 Å². The highest BCUT2D eigenvalue weighted by molar-refractivity contribution is 6.06. The lowest BCUT2D eigenvalue weighted by molar-refractivity contribution is 0.0695. The number of aromatic carboxylic acids is 1. The fourth-order valence-electron chi connectivity index (χ4n) is 3.47. The molecule has 0 saturated heterocycles. The van der Waals surface area contributed by atoms with Crippen LogP contribution >= 0.6 is 0 Å². The molecule has 1 aromatic heterocycles. The summed E-state index contributed by atoms with van der Waals surface area (Å²) in [4.78, 5) is 16.4. The van der Waals surface area contributed by atoms with E-state index in [2.05, 4.69) is 4.98 Å². The monoisotopic (exact) mass is 353 g/mol. The number of fused-ring (bicyclic) bond motifs is 1. The molecule has 1 heterocycles. The number of rotatable bonds is 4. The smallest absolute Gasteiger partial charge is 0.340 e. The predicted molar refractivity (Wildman–Crippen MR) is 93.3 cm³/mol. The maximum Gasteiger partial charge on any atom is 0.340 e. The molecule has 3 aromatic rings. The summed E-state index contributed by atoms with van der Waals surface area (Å²) in [5.74, 6) is -1.45. The Morgan fingerprint density at radius 2 is 1.88 bits per heavy atom. The topological polar surface area (TPSA) is 79.7 Å². The number of aromatic hydroxyl groups is 1. The Labute approximate surface area is 148 Å². The van der Waals surface area contributed by atoms with Gasteiger partial charge in [0.15, 0.2) is 5.75 Å². The quantitative estimate of drug-likeness (QED) is 0.744. The summed E-state index contributed by atoms with van der Waals surface area (Å²) < 4.78 is 18.4. The van der Waals surface area contributed by atoms with E-state index in [9.17, 15) is 19.4 Å². The van der Waals surface area contributed by atoms with Crippen molar-refractivity contribution >= 4 is 16.9 Å². The highest BCUT2D eigenvalue weighted by atomic mass is 19.1. The molecule has 5 nitrogen and oxygen atoms in total. The molecule has 0 amide bonds. The molecule has 1 fully saturated rings. The Balaban J connectivity index is 1.98. The fourth-order valence-corrected chi connectivity index (χ4v) is 3.47. The second-order valence-corrected chi connectivity index (χ2v) is 6.46. The molecule has 1 aliphatic carbocycles. The summed E-state index contributed by atoms with van der Waals surface area (Å²) in [5, 5.41) is 20.7. The number of hydrogen-bond donors (Lipinski definition) is 2. The van der Waals surface area contributed by atoms with E-state index in [1.165, 1.54) is 19.2 Å². The molecule has 0 radical (unpaired) electrons. The number of carboxylic acids is 1. The Kier molecular flexibility index (Phi) is 3.57. The lowest BCUT2D eigenvalue weighted by Gasteiger charge is -2.19. The molecule has 4 rings (SSSR count). The van der Waals surface area contributed by atoms with Crippen LogP contribution in [0.4, 0.5) is 4.39 Å². The number of carbonyl (C=O) groups is 1. The number of aromatic nitrogens is 1. The third kappa shape index (κ3) is 2.37. The van der Waals surface area contributed by atoms with E-state index in [-0.39, 0.29) is 17.1 Å². The third-order valence-corrected chi connectivity index (χ3v) is 4.98. The first kappa shape index (κ1) is 16.3. The van der Waals surface area contributed by atoms with Crippen LogP contribution in [0.1, 0.15) is 34.5 Å². The first-order valence-corrected chi connectivity index (χ1v) is 8.17. The van der Waals surface area contributed by atoms with E-state index in [4.69, 9.17) is 4.74 Å². The van der Waals surface area contributed by atoms with Crippen LogP contribution in [0, 0.1) is 5.82 Å². The van der Waals surface area contributed by atoms with Gasteiger partial charge in [-0.1, -0.05) is 12.1 Å². The number of halogens is 1. The zero-order chi connectivity index (χ0) is 18.5. The maximum absolute atomic E-state index is 13.3. The molecule has 26 heavy (non-hydrogen) atoms. The average Bonchev–Trinajstić information content (AvgIpc) is 3.42. The van der Waals surface area contributed by atoms with E-state index in [0.29, 0.717) is 35.2 Å². The summed E-state index contributed by atoms with van der Waals surface area (Å²) >= 11 is 0. The average molecular weight is 353 g/mol. The van der Waals surface area contributed by atoms with Crippen molar-refractivity contribution in [2.24, 2.45) is 0 Å². The Bertz CT molecular complexity index is 1030. The van der Waals surface area contributed by atoms with Crippen molar-refractivity contribution in [1.82, 2.24) is 4.98 Å². The Morgan fingerprint density at radius 1 is 1.19 bits per heavy atom. The van der Waals surface area contributed by atoms with Gasteiger partial charge in [-0.15, -0.1) is 0 Å². The van der Waals surface area contributed by atoms with Gasteiger partial charge >= 0.3 is 5.97 Å². The number of methoxy groups -OCH3 is 1. The number of benzene rings is 2. The highest BCUT2D eigenvalue weighted by Crippen LogP contribution is 2.56.